The molecule has 0 radical (unpaired) electrons. The zero-order chi connectivity index (χ0) is 30.6. The van der Waals surface area contributed by atoms with Crippen LogP contribution in [0.4, 0.5) is 4.79 Å². The molecule has 8 heteroatoms. The molecular formula is C36H40N2O6. The number of rotatable bonds is 14. The molecule has 1 saturated heterocycles. The van der Waals surface area contributed by atoms with E-state index in [9.17, 15) is 9.59 Å². The average Bonchev–Trinajstić information content (AvgIpc) is 3.53. The van der Waals surface area contributed by atoms with E-state index in [1.807, 2.05) is 97.1 Å². The summed E-state index contributed by atoms with van der Waals surface area (Å²) < 4.78 is 24.7. The minimum atomic E-state index is -1.02. The van der Waals surface area contributed by atoms with Crippen LogP contribution in [0.25, 0.3) is 0 Å². The standard InChI is InChI=1S/C36H40N2O6/c1-2-21-38-32(33(18-19-34(38)39)41-27-30-14-8-4-9-15-30)25-36(43-23-24-44-36)20-22-37(26-29-12-6-3-7-13-29)35(40)42-28-31-16-10-5-11-17-31/h2-19,32-33H,1,20-28H2/t32-,33+/m0/s1. The fourth-order valence-corrected chi connectivity index (χ4v) is 5.60. The molecule has 2 amide bonds. The van der Waals surface area contributed by atoms with E-state index in [2.05, 4.69) is 6.58 Å². The van der Waals surface area contributed by atoms with Crippen LogP contribution in [0.2, 0.25) is 0 Å². The Hall–Kier alpha value is -4.24. The zero-order valence-corrected chi connectivity index (χ0v) is 25.0. The van der Waals surface area contributed by atoms with Crippen molar-refractivity contribution in [1.29, 1.82) is 0 Å². The Bertz CT molecular complexity index is 1380. The highest BCUT2D eigenvalue weighted by atomic mass is 16.7. The van der Waals surface area contributed by atoms with E-state index in [4.69, 9.17) is 18.9 Å². The summed E-state index contributed by atoms with van der Waals surface area (Å²) in [7, 11) is 0. The lowest BCUT2D eigenvalue weighted by atomic mass is 9.93. The van der Waals surface area contributed by atoms with E-state index in [1.54, 1.807) is 22.0 Å². The summed E-state index contributed by atoms with van der Waals surface area (Å²) in [5.74, 6) is -1.13. The van der Waals surface area contributed by atoms with Crippen molar-refractivity contribution in [1.82, 2.24) is 9.80 Å². The van der Waals surface area contributed by atoms with Gasteiger partial charge in [0.2, 0.25) is 5.91 Å². The maximum atomic E-state index is 13.4. The molecule has 2 aliphatic heterocycles. The lowest BCUT2D eigenvalue weighted by Gasteiger charge is -2.42. The first-order chi connectivity index (χ1) is 21.5. The first kappa shape index (κ1) is 31.2. The maximum absolute atomic E-state index is 13.4. The number of benzene rings is 3. The second-order valence-electron chi connectivity index (χ2n) is 11.0. The van der Waals surface area contributed by atoms with Crippen molar-refractivity contribution in [2.75, 3.05) is 26.3 Å². The molecule has 0 bridgehead atoms. The predicted molar refractivity (Wildman–Crippen MR) is 167 cm³/mol. The topological polar surface area (TPSA) is 77.5 Å². The van der Waals surface area contributed by atoms with Crippen LogP contribution in [-0.2, 0) is 43.5 Å². The summed E-state index contributed by atoms with van der Waals surface area (Å²) in [6.45, 7) is 6.36. The zero-order valence-electron chi connectivity index (χ0n) is 25.0. The molecule has 5 rings (SSSR count). The van der Waals surface area contributed by atoms with Gasteiger partial charge in [-0.2, -0.15) is 0 Å². The summed E-state index contributed by atoms with van der Waals surface area (Å²) in [5.41, 5.74) is 2.94. The first-order valence-corrected chi connectivity index (χ1v) is 15.1. The minimum absolute atomic E-state index is 0.113. The van der Waals surface area contributed by atoms with Crippen LogP contribution in [0.1, 0.15) is 29.5 Å². The number of hydrogen-bond donors (Lipinski definition) is 0. The van der Waals surface area contributed by atoms with Gasteiger partial charge in [0.15, 0.2) is 5.79 Å². The molecule has 2 atom stereocenters. The summed E-state index contributed by atoms with van der Waals surface area (Å²) in [6, 6.07) is 29.0. The summed E-state index contributed by atoms with van der Waals surface area (Å²) in [6.07, 6.45) is 5.05. The van der Waals surface area contributed by atoms with E-state index in [0.29, 0.717) is 52.3 Å². The molecule has 3 aromatic carbocycles. The molecule has 0 aliphatic carbocycles. The Kier molecular flexibility index (Phi) is 11.0. The molecule has 8 nitrogen and oxygen atoms in total. The smallest absolute Gasteiger partial charge is 0.410 e. The number of carbonyl (C=O) groups excluding carboxylic acids is 2. The van der Waals surface area contributed by atoms with E-state index >= 15 is 0 Å². The highest BCUT2D eigenvalue weighted by molar-refractivity contribution is 5.89. The fraction of sp³-hybridized carbons (Fsp3) is 0.333. The molecule has 1 fully saturated rings. The van der Waals surface area contributed by atoms with Crippen molar-refractivity contribution in [3.63, 3.8) is 0 Å². The van der Waals surface area contributed by atoms with E-state index in [-0.39, 0.29) is 24.7 Å². The van der Waals surface area contributed by atoms with Crippen molar-refractivity contribution < 1.29 is 28.5 Å². The number of ether oxygens (including phenoxy) is 4. The molecule has 0 unspecified atom stereocenters. The van der Waals surface area contributed by atoms with Crippen molar-refractivity contribution in [3.8, 4) is 0 Å². The number of amides is 2. The SMILES string of the molecule is C=CCN1C(=O)C=C[C@@H](OCc2ccccc2)[C@@H]1CC1(CCN(Cc2ccccc2)C(=O)OCc2ccccc2)OCCO1. The molecule has 0 saturated carbocycles. The lowest BCUT2D eigenvalue weighted by Crippen LogP contribution is -2.54. The van der Waals surface area contributed by atoms with Crippen molar-refractivity contribution in [2.45, 2.75) is 50.5 Å². The van der Waals surface area contributed by atoms with Gasteiger partial charge in [-0.25, -0.2) is 4.79 Å². The van der Waals surface area contributed by atoms with Gasteiger partial charge in [-0.15, -0.1) is 6.58 Å². The fourth-order valence-electron chi connectivity index (χ4n) is 5.60. The quantitative estimate of drug-likeness (QED) is 0.216. The molecule has 0 spiro atoms. The van der Waals surface area contributed by atoms with Gasteiger partial charge in [0.1, 0.15) is 6.61 Å². The van der Waals surface area contributed by atoms with Crippen molar-refractivity contribution in [2.24, 2.45) is 0 Å². The predicted octanol–water partition coefficient (Wildman–Crippen LogP) is 5.89. The molecule has 44 heavy (non-hydrogen) atoms. The molecule has 230 valence electrons. The van der Waals surface area contributed by atoms with Gasteiger partial charge >= 0.3 is 6.09 Å². The Labute approximate surface area is 259 Å². The van der Waals surface area contributed by atoms with Gasteiger partial charge in [0, 0.05) is 38.6 Å². The minimum Gasteiger partial charge on any atom is -0.445 e. The van der Waals surface area contributed by atoms with Crippen LogP contribution >= 0.6 is 0 Å². The van der Waals surface area contributed by atoms with Crippen LogP contribution in [0.15, 0.2) is 116 Å². The monoisotopic (exact) mass is 596 g/mol. The highest BCUT2D eigenvalue weighted by Gasteiger charge is 2.44. The van der Waals surface area contributed by atoms with Crippen LogP contribution in [-0.4, -0.2) is 66.0 Å². The summed E-state index contributed by atoms with van der Waals surface area (Å²) in [4.78, 5) is 29.9. The number of nitrogens with zero attached hydrogens (tertiary/aromatic N) is 2. The molecule has 0 aromatic heterocycles. The second-order valence-corrected chi connectivity index (χ2v) is 11.0. The maximum Gasteiger partial charge on any atom is 0.410 e. The normalized spacial score (nSPS) is 19.1. The molecule has 0 N–H and O–H groups in total. The molecule has 2 aliphatic rings. The third-order valence-corrected chi connectivity index (χ3v) is 7.88. The van der Waals surface area contributed by atoms with E-state index in [0.717, 1.165) is 16.7 Å². The summed E-state index contributed by atoms with van der Waals surface area (Å²) >= 11 is 0. The number of carbonyl (C=O) groups is 2. The number of hydrogen-bond acceptors (Lipinski definition) is 6. The second kappa shape index (κ2) is 15.5. The van der Waals surface area contributed by atoms with Crippen LogP contribution in [0, 0.1) is 0 Å². The van der Waals surface area contributed by atoms with Gasteiger partial charge in [-0.05, 0) is 22.8 Å². The molecule has 3 aromatic rings. The highest BCUT2D eigenvalue weighted by Crippen LogP contribution is 2.34. The lowest BCUT2D eigenvalue weighted by molar-refractivity contribution is -0.187. The van der Waals surface area contributed by atoms with Gasteiger partial charge in [-0.3, -0.25) is 4.79 Å². The van der Waals surface area contributed by atoms with Gasteiger partial charge in [0.25, 0.3) is 0 Å². The van der Waals surface area contributed by atoms with Gasteiger partial charge in [-0.1, -0.05) is 97.1 Å². The average molecular weight is 597 g/mol. The Balaban J connectivity index is 1.32. The Morgan fingerprint density at radius 3 is 2.11 bits per heavy atom. The molecular weight excluding hydrogens is 556 g/mol. The Morgan fingerprint density at radius 2 is 1.50 bits per heavy atom. The largest absolute Gasteiger partial charge is 0.445 e. The van der Waals surface area contributed by atoms with E-state index in [1.165, 1.54) is 0 Å². The van der Waals surface area contributed by atoms with Crippen LogP contribution in [0.5, 0.6) is 0 Å². The van der Waals surface area contributed by atoms with Crippen molar-refractivity contribution >= 4 is 12.0 Å². The van der Waals surface area contributed by atoms with Crippen LogP contribution in [0.3, 0.4) is 0 Å². The van der Waals surface area contributed by atoms with Gasteiger partial charge < -0.3 is 28.7 Å². The van der Waals surface area contributed by atoms with Crippen molar-refractivity contribution in [3.05, 3.63) is 132 Å². The van der Waals surface area contributed by atoms with Crippen LogP contribution < -0.4 is 0 Å². The third-order valence-electron chi connectivity index (χ3n) is 7.88. The third kappa shape index (κ3) is 8.44. The van der Waals surface area contributed by atoms with Gasteiger partial charge in [0.05, 0.1) is 32.0 Å². The van der Waals surface area contributed by atoms with E-state index < -0.39 is 11.9 Å². The molecule has 2 heterocycles. The first-order valence-electron chi connectivity index (χ1n) is 15.1. The summed E-state index contributed by atoms with van der Waals surface area (Å²) in [5, 5.41) is 0. The Morgan fingerprint density at radius 1 is 0.909 bits per heavy atom.